The van der Waals surface area contributed by atoms with Crippen molar-refractivity contribution in [2.45, 2.75) is 0 Å². The van der Waals surface area contributed by atoms with Crippen LogP contribution in [0.15, 0.2) is 17.1 Å². The number of phenolic OH excluding ortho intramolecular Hbond substituents is 1. The quantitative estimate of drug-likeness (QED) is 0.565. The van der Waals surface area contributed by atoms with Crippen LogP contribution in [0.4, 0.5) is 5.69 Å². The Morgan fingerprint density at radius 2 is 2.31 bits per heavy atom. The van der Waals surface area contributed by atoms with Crippen molar-refractivity contribution in [3.8, 4) is 11.5 Å². The van der Waals surface area contributed by atoms with E-state index in [1.54, 1.807) is 0 Å². The van der Waals surface area contributed by atoms with E-state index in [2.05, 4.69) is 11.7 Å². The van der Waals surface area contributed by atoms with Crippen LogP contribution in [0.25, 0.3) is 0 Å². The maximum Gasteiger partial charge on any atom is 0.168 e. The van der Waals surface area contributed by atoms with Gasteiger partial charge >= 0.3 is 0 Å². The fraction of sp³-hybridized carbons (Fsp3) is 0.111. The van der Waals surface area contributed by atoms with E-state index >= 15 is 0 Å². The molecule has 0 aliphatic heterocycles. The molecule has 1 rings (SSSR count). The standard InChI is InChI=1S/C9H9NO3/c1-10-7-3-6(5-11)9(12)8(4-7)13-2/h3-5,12H,1H2,2H3. The fourth-order valence-electron chi connectivity index (χ4n) is 0.951. The molecule has 4 nitrogen and oxygen atoms in total. The molecule has 0 aromatic heterocycles. The van der Waals surface area contributed by atoms with E-state index in [0.717, 1.165) is 0 Å². The summed E-state index contributed by atoms with van der Waals surface area (Å²) in [5, 5.41) is 9.39. The molecule has 1 N–H and O–H groups in total. The summed E-state index contributed by atoms with van der Waals surface area (Å²) in [5.74, 6) is 0.0388. The first-order valence-electron chi connectivity index (χ1n) is 3.55. The Balaban J connectivity index is 3.36. The van der Waals surface area contributed by atoms with E-state index < -0.39 is 0 Å². The summed E-state index contributed by atoms with van der Waals surface area (Å²) in [6, 6.07) is 2.92. The monoisotopic (exact) mass is 179 g/mol. The van der Waals surface area contributed by atoms with Crippen LogP contribution in [0.2, 0.25) is 0 Å². The van der Waals surface area contributed by atoms with E-state index in [0.29, 0.717) is 12.0 Å². The smallest absolute Gasteiger partial charge is 0.168 e. The highest BCUT2D eigenvalue weighted by atomic mass is 16.5. The molecule has 4 heteroatoms. The normalized spacial score (nSPS) is 9.31. The minimum Gasteiger partial charge on any atom is -0.504 e. The first-order valence-corrected chi connectivity index (χ1v) is 3.55. The van der Waals surface area contributed by atoms with Crippen molar-refractivity contribution in [1.82, 2.24) is 0 Å². The van der Waals surface area contributed by atoms with Gasteiger partial charge in [0.05, 0.1) is 18.4 Å². The first-order chi connectivity index (χ1) is 6.22. The van der Waals surface area contributed by atoms with Gasteiger partial charge in [-0.2, -0.15) is 0 Å². The molecule has 1 aromatic rings. The second-order valence-corrected chi connectivity index (χ2v) is 2.36. The molecule has 0 saturated heterocycles. The third-order valence-corrected chi connectivity index (χ3v) is 1.62. The summed E-state index contributed by atoms with van der Waals surface area (Å²) >= 11 is 0. The number of benzene rings is 1. The van der Waals surface area contributed by atoms with Crippen LogP contribution in [0.1, 0.15) is 10.4 Å². The zero-order chi connectivity index (χ0) is 9.84. The van der Waals surface area contributed by atoms with Gasteiger partial charge in [0.25, 0.3) is 0 Å². The van der Waals surface area contributed by atoms with Gasteiger partial charge in [0.2, 0.25) is 0 Å². The summed E-state index contributed by atoms with van der Waals surface area (Å²) in [7, 11) is 1.40. The van der Waals surface area contributed by atoms with E-state index in [9.17, 15) is 9.90 Å². The highest BCUT2D eigenvalue weighted by molar-refractivity contribution is 5.83. The molecular formula is C9H9NO3. The van der Waals surface area contributed by atoms with Gasteiger partial charge in [-0.25, -0.2) is 0 Å². The molecule has 0 spiro atoms. The number of carbonyl (C=O) groups excluding carboxylic acids is 1. The van der Waals surface area contributed by atoms with Crippen molar-refractivity contribution < 1.29 is 14.6 Å². The molecule has 0 atom stereocenters. The molecule has 1 aromatic carbocycles. The molecule has 13 heavy (non-hydrogen) atoms. The Bertz CT molecular complexity index is 347. The number of aldehydes is 1. The van der Waals surface area contributed by atoms with Crippen molar-refractivity contribution in [3.05, 3.63) is 17.7 Å². The lowest BCUT2D eigenvalue weighted by atomic mass is 10.2. The second kappa shape index (κ2) is 3.71. The Labute approximate surface area is 75.5 Å². The SMILES string of the molecule is C=Nc1cc(C=O)c(O)c(OC)c1. The van der Waals surface area contributed by atoms with E-state index in [1.807, 2.05) is 0 Å². The summed E-state index contributed by atoms with van der Waals surface area (Å²) in [6.07, 6.45) is 0.534. The van der Waals surface area contributed by atoms with Crippen LogP contribution in [-0.2, 0) is 0 Å². The maximum atomic E-state index is 10.5. The van der Waals surface area contributed by atoms with Crippen LogP contribution in [0, 0.1) is 0 Å². The predicted molar refractivity (Wildman–Crippen MR) is 49.3 cm³/mol. The number of ether oxygens (including phenoxy) is 1. The molecule has 0 bridgehead atoms. The van der Waals surface area contributed by atoms with Crippen LogP contribution in [0.5, 0.6) is 11.5 Å². The van der Waals surface area contributed by atoms with Crippen LogP contribution < -0.4 is 4.74 Å². The minimum absolute atomic E-state index is 0.141. The third-order valence-electron chi connectivity index (χ3n) is 1.62. The second-order valence-electron chi connectivity index (χ2n) is 2.36. The molecule has 0 amide bonds. The summed E-state index contributed by atoms with van der Waals surface area (Å²) < 4.78 is 4.83. The summed E-state index contributed by atoms with van der Waals surface area (Å²) in [6.45, 7) is 3.31. The number of aliphatic imine (C=N–C) groups is 1. The molecule has 0 unspecified atom stereocenters. The number of nitrogens with zero attached hydrogens (tertiary/aromatic N) is 1. The number of hydrogen-bond donors (Lipinski definition) is 1. The van der Waals surface area contributed by atoms with Crippen molar-refractivity contribution >= 4 is 18.7 Å². The van der Waals surface area contributed by atoms with E-state index in [1.165, 1.54) is 19.2 Å². The zero-order valence-corrected chi connectivity index (χ0v) is 7.15. The molecule has 0 fully saturated rings. The fourth-order valence-corrected chi connectivity index (χ4v) is 0.951. The summed E-state index contributed by atoms with van der Waals surface area (Å²) in [5.41, 5.74) is 0.624. The topological polar surface area (TPSA) is 58.9 Å². The maximum absolute atomic E-state index is 10.5. The lowest BCUT2D eigenvalue weighted by Crippen LogP contribution is -1.88. The molecule has 0 aliphatic rings. The lowest BCUT2D eigenvalue weighted by molar-refractivity contribution is 0.112. The highest BCUT2D eigenvalue weighted by Gasteiger charge is 2.08. The predicted octanol–water partition coefficient (Wildman–Crippen LogP) is 1.55. The van der Waals surface area contributed by atoms with Gasteiger partial charge in [-0.15, -0.1) is 0 Å². The van der Waals surface area contributed by atoms with Gasteiger partial charge in [-0.1, -0.05) is 0 Å². The Kier molecular flexibility index (Phi) is 2.64. The van der Waals surface area contributed by atoms with Crippen molar-refractivity contribution in [1.29, 1.82) is 0 Å². The van der Waals surface area contributed by atoms with Gasteiger partial charge in [0.1, 0.15) is 0 Å². The Morgan fingerprint density at radius 3 is 2.77 bits per heavy atom. The van der Waals surface area contributed by atoms with Crippen LogP contribution in [-0.4, -0.2) is 25.2 Å². The number of carbonyl (C=O) groups is 1. The molecule has 0 radical (unpaired) electrons. The molecular weight excluding hydrogens is 170 g/mol. The van der Waals surface area contributed by atoms with Crippen molar-refractivity contribution in [3.63, 3.8) is 0 Å². The van der Waals surface area contributed by atoms with Crippen LogP contribution >= 0.6 is 0 Å². The Morgan fingerprint density at radius 1 is 1.62 bits per heavy atom. The average Bonchev–Trinajstić information content (AvgIpc) is 2.18. The van der Waals surface area contributed by atoms with Gasteiger partial charge in [-0.3, -0.25) is 9.79 Å². The van der Waals surface area contributed by atoms with Crippen LogP contribution in [0.3, 0.4) is 0 Å². The van der Waals surface area contributed by atoms with E-state index in [4.69, 9.17) is 4.74 Å². The van der Waals surface area contributed by atoms with Gasteiger partial charge in [-0.05, 0) is 12.8 Å². The zero-order valence-electron chi connectivity index (χ0n) is 7.15. The van der Waals surface area contributed by atoms with Gasteiger partial charge in [0, 0.05) is 6.07 Å². The largest absolute Gasteiger partial charge is 0.504 e. The minimum atomic E-state index is -0.176. The molecule has 0 heterocycles. The number of hydrogen-bond acceptors (Lipinski definition) is 4. The molecule has 0 saturated carbocycles. The van der Waals surface area contributed by atoms with Gasteiger partial charge < -0.3 is 9.84 Å². The summed E-state index contributed by atoms with van der Waals surface area (Å²) in [4.78, 5) is 14.1. The molecule has 68 valence electrons. The molecule has 0 aliphatic carbocycles. The number of aromatic hydroxyl groups is 1. The third kappa shape index (κ3) is 1.66. The van der Waals surface area contributed by atoms with Crippen molar-refractivity contribution in [2.75, 3.05) is 7.11 Å². The Hall–Kier alpha value is -1.84. The average molecular weight is 179 g/mol. The van der Waals surface area contributed by atoms with Gasteiger partial charge in [0.15, 0.2) is 17.8 Å². The van der Waals surface area contributed by atoms with Crippen molar-refractivity contribution in [2.24, 2.45) is 4.99 Å². The lowest BCUT2D eigenvalue weighted by Gasteiger charge is -2.05. The number of rotatable bonds is 3. The number of phenols is 1. The highest BCUT2D eigenvalue weighted by Crippen LogP contribution is 2.33. The first kappa shape index (κ1) is 9.25. The van der Waals surface area contributed by atoms with E-state index in [-0.39, 0.29) is 17.1 Å². The number of methoxy groups -OCH3 is 1.